The first-order chi connectivity index (χ1) is 11.0. The number of benzene rings is 1. The summed E-state index contributed by atoms with van der Waals surface area (Å²) in [4.78, 5) is 11.6. The molecule has 130 valence electrons. The van der Waals surface area contributed by atoms with E-state index < -0.39 is 53.1 Å². The Balaban J connectivity index is 2.36. The van der Waals surface area contributed by atoms with E-state index in [-0.39, 0.29) is 5.02 Å². The van der Waals surface area contributed by atoms with Gasteiger partial charge in [-0.25, -0.2) is 17.6 Å². The van der Waals surface area contributed by atoms with Crippen LogP contribution in [0.5, 0.6) is 0 Å². The molecule has 4 nitrogen and oxygen atoms in total. The Kier molecular flexibility index (Phi) is 4.74. The molecule has 0 aliphatic rings. The number of nitrogens with zero attached hydrogens (tertiary/aromatic N) is 2. The number of amides is 1. The number of hydrogen-bond donors (Lipinski definition) is 1. The third-order valence-corrected chi connectivity index (χ3v) is 2.91. The van der Waals surface area contributed by atoms with Crippen molar-refractivity contribution in [3.8, 4) is 0 Å². The molecule has 1 N–H and O–H groups in total. The Hall–Kier alpha value is -2.30. The lowest BCUT2D eigenvalue weighted by Crippen LogP contribution is -2.23. The molecular formula is C12H5ClF7N3O. The molecule has 0 saturated carbocycles. The zero-order chi connectivity index (χ0) is 18.2. The minimum atomic E-state index is -5.66. The minimum Gasteiger partial charge on any atom is -0.319 e. The predicted octanol–water partition coefficient (Wildman–Crippen LogP) is 3.75. The van der Waals surface area contributed by atoms with Gasteiger partial charge in [0.05, 0.1) is 11.2 Å². The minimum absolute atomic E-state index is 0.131. The number of carbonyl (C=O) groups is 1. The Labute approximate surface area is 133 Å². The van der Waals surface area contributed by atoms with Crippen molar-refractivity contribution in [2.45, 2.75) is 12.7 Å². The first-order valence-corrected chi connectivity index (χ1v) is 6.31. The van der Waals surface area contributed by atoms with Gasteiger partial charge in [0.1, 0.15) is 17.8 Å². The lowest BCUT2D eigenvalue weighted by molar-refractivity contribution is -0.143. The van der Waals surface area contributed by atoms with E-state index in [2.05, 4.69) is 5.10 Å². The number of alkyl halides is 3. The van der Waals surface area contributed by atoms with Crippen LogP contribution in [0.15, 0.2) is 12.4 Å². The normalized spacial score (nSPS) is 11.7. The van der Waals surface area contributed by atoms with Crippen LogP contribution < -0.4 is 5.32 Å². The summed E-state index contributed by atoms with van der Waals surface area (Å²) in [5.41, 5.74) is -4.41. The highest BCUT2D eigenvalue weighted by atomic mass is 35.5. The van der Waals surface area contributed by atoms with Crippen molar-refractivity contribution in [1.29, 1.82) is 0 Å². The van der Waals surface area contributed by atoms with E-state index in [9.17, 15) is 35.5 Å². The molecule has 2 aromatic rings. The van der Waals surface area contributed by atoms with E-state index >= 15 is 0 Å². The fraction of sp³-hybridized carbons (Fsp3) is 0.167. The fourth-order valence-electron chi connectivity index (χ4n) is 1.74. The molecule has 0 unspecified atom stereocenters. The quantitative estimate of drug-likeness (QED) is 0.656. The fourth-order valence-corrected chi connectivity index (χ4v) is 1.90. The second-order valence-corrected chi connectivity index (χ2v) is 4.84. The molecule has 1 heterocycles. The Bertz CT molecular complexity index is 774. The number of nitrogens with one attached hydrogen (secondary N) is 1. The summed E-state index contributed by atoms with van der Waals surface area (Å²) < 4.78 is 92.2. The van der Waals surface area contributed by atoms with Gasteiger partial charge in [-0.05, 0) is 0 Å². The number of rotatable bonds is 3. The second kappa shape index (κ2) is 6.30. The van der Waals surface area contributed by atoms with E-state index in [4.69, 9.17) is 11.6 Å². The van der Waals surface area contributed by atoms with Gasteiger partial charge in [0.25, 0.3) is 0 Å². The number of anilines is 1. The molecule has 0 saturated heterocycles. The lowest BCUT2D eigenvalue weighted by Gasteiger charge is -2.14. The second-order valence-electron chi connectivity index (χ2n) is 4.41. The van der Waals surface area contributed by atoms with Crippen LogP contribution >= 0.6 is 11.6 Å². The van der Waals surface area contributed by atoms with E-state index in [0.29, 0.717) is 0 Å². The standard InChI is InChI=1S/C12H5ClF7N3O/c13-4-1-21-23(2-4)3-5(24)22-11-9(16)7(14)6(12(18,19)20)8(15)10(11)17/h1-2H,3H2,(H,22,24). The number of carbonyl (C=O) groups excluding carboxylic acids is 1. The van der Waals surface area contributed by atoms with Gasteiger partial charge < -0.3 is 5.32 Å². The van der Waals surface area contributed by atoms with Gasteiger partial charge in [0, 0.05) is 6.20 Å². The predicted molar refractivity (Wildman–Crippen MR) is 67.1 cm³/mol. The van der Waals surface area contributed by atoms with Crippen LogP contribution in [0.3, 0.4) is 0 Å². The van der Waals surface area contributed by atoms with Crippen molar-refractivity contribution in [3.63, 3.8) is 0 Å². The van der Waals surface area contributed by atoms with E-state index in [1.54, 1.807) is 0 Å². The molecule has 1 amide bonds. The van der Waals surface area contributed by atoms with Crippen molar-refractivity contribution in [1.82, 2.24) is 9.78 Å². The van der Waals surface area contributed by atoms with Crippen LogP contribution in [0.25, 0.3) is 0 Å². The summed E-state index contributed by atoms with van der Waals surface area (Å²) in [5.74, 6) is -11.3. The maximum absolute atomic E-state index is 13.6. The average Bonchev–Trinajstić information content (AvgIpc) is 2.85. The summed E-state index contributed by atoms with van der Waals surface area (Å²) in [6, 6.07) is 0. The molecule has 0 aliphatic heterocycles. The van der Waals surface area contributed by atoms with Gasteiger partial charge in [-0.1, -0.05) is 11.6 Å². The zero-order valence-electron chi connectivity index (χ0n) is 11.2. The molecule has 1 aromatic heterocycles. The molecule has 1 aromatic carbocycles. The first-order valence-electron chi connectivity index (χ1n) is 5.93. The monoisotopic (exact) mass is 375 g/mol. The summed E-state index contributed by atoms with van der Waals surface area (Å²) in [6.07, 6.45) is -3.38. The molecule has 12 heteroatoms. The van der Waals surface area contributed by atoms with Gasteiger partial charge in [0.15, 0.2) is 23.3 Å². The van der Waals surface area contributed by atoms with Crippen LogP contribution in [-0.4, -0.2) is 15.7 Å². The smallest absolute Gasteiger partial charge is 0.319 e. The van der Waals surface area contributed by atoms with Gasteiger partial charge in [-0.15, -0.1) is 0 Å². The van der Waals surface area contributed by atoms with Crippen LogP contribution in [0, 0.1) is 23.3 Å². The first kappa shape index (κ1) is 18.0. The average molecular weight is 376 g/mol. The molecule has 0 bridgehead atoms. The Morgan fingerprint density at radius 2 is 1.67 bits per heavy atom. The largest absolute Gasteiger partial charge is 0.422 e. The highest BCUT2D eigenvalue weighted by molar-refractivity contribution is 6.30. The summed E-state index contributed by atoms with van der Waals surface area (Å²) in [5, 5.41) is 5.15. The number of aromatic nitrogens is 2. The van der Waals surface area contributed by atoms with Crippen LogP contribution in [0.4, 0.5) is 36.4 Å². The summed E-state index contributed by atoms with van der Waals surface area (Å²) in [7, 11) is 0. The molecule has 0 atom stereocenters. The van der Waals surface area contributed by atoms with E-state index in [1.807, 2.05) is 0 Å². The maximum Gasteiger partial charge on any atom is 0.422 e. The SMILES string of the molecule is O=C(Cn1cc(Cl)cn1)Nc1c(F)c(F)c(C(F)(F)F)c(F)c1F. The van der Waals surface area contributed by atoms with Crippen molar-refractivity contribution in [3.05, 3.63) is 46.2 Å². The summed E-state index contributed by atoms with van der Waals surface area (Å²) in [6.45, 7) is -0.657. The molecule has 24 heavy (non-hydrogen) atoms. The Morgan fingerprint density at radius 3 is 2.08 bits per heavy atom. The Morgan fingerprint density at radius 1 is 1.12 bits per heavy atom. The third-order valence-electron chi connectivity index (χ3n) is 2.72. The maximum atomic E-state index is 13.6. The van der Waals surface area contributed by atoms with Crippen LogP contribution in [0.1, 0.15) is 5.56 Å². The molecule has 2 rings (SSSR count). The molecule has 0 radical (unpaired) electrons. The topological polar surface area (TPSA) is 46.9 Å². The van der Waals surface area contributed by atoms with Crippen LogP contribution in [0.2, 0.25) is 5.02 Å². The highest BCUT2D eigenvalue weighted by Crippen LogP contribution is 2.38. The molecule has 0 fully saturated rings. The van der Waals surface area contributed by atoms with Crippen molar-refractivity contribution < 1.29 is 35.5 Å². The number of hydrogen-bond acceptors (Lipinski definition) is 2. The highest BCUT2D eigenvalue weighted by Gasteiger charge is 2.42. The van der Waals surface area contributed by atoms with Crippen molar-refractivity contribution in [2.24, 2.45) is 0 Å². The third kappa shape index (κ3) is 3.45. The van der Waals surface area contributed by atoms with Gasteiger partial charge in [-0.3, -0.25) is 9.48 Å². The van der Waals surface area contributed by atoms with E-state index in [1.165, 1.54) is 5.32 Å². The van der Waals surface area contributed by atoms with Crippen molar-refractivity contribution in [2.75, 3.05) is 5.32 Å². The summed E-state index contributed by atoms with van der Waals surface area (Å²) >= 11 is 5.52. The molecular weight excluding hydrogens is 371 g/mol. The number of halogens is 8. The van der Waals surface area contributed by atoms with Gasteiger partial charge in [-0.2, -0.15) is 18.3 Å². The lowest BCUT2D eigenvalue weighted by atomic mass is 10.1. The molecule has 0 aliphatic carbocycles. The van der Waals surface area contributed by atoms with Crippen molar-refractivity contribution >= 4 is 23.2 Å². The molecule has 0 spiro atoms. The van der Waals surface area contributed by atoms with Crippen LogP contribution in [-0.2, 0) is 17.5 Å². The zero-order valence-corrected chi connectivity index (χ0v) is 11.9. The van der Waals surface area contributed by atoms with E-state index in [0.717, 1.165) is 17.1 Å². The van der Waals surface area contributed by atoms with Gasteiger partial charge >= 0.3 is 6.18 Å². The van der Waals surface area contributed by atoms with Gasteiger partial charge in [0.2, 0.25) is 5.91 Å².